The van der Waals surface area contributed by atoms with E-state index in [4.69, 9.17) is 10.5 Å². The second-order valence-electron chi connectivity index (χ2n) is 5.93. The van der Waals surface area contributed by atoms with E-state index in [1.54, 1.807) is 0 Å². The highest BCUT2D eigenvalue weighted by Gasteiger charge is 2.43. The number of hydrogen-bond acceptors (Lipinski definition) is 3. The molecule has 1 aliphatic carbocycles. The Morgan fingerprint density at radius 2 is 1.81 bits per heavy atom. The highest BCUT2D eigenvalue weighted by molar-refractivity contribution is 5.87. The van der Waals surface area contributed by atoms with E-state index in [-0.39, 0.29) is 24.4 Å². The molecule has 0 spiro atoms. The minimum absolute atomic E-state index is 0. The molecule has 0 unspecified atom stereocenters. The Labute approximate surface area is 132 Å². The number of carbonyl (C=O) groups is 1. The van der Waals surface area contributed by atoms with Crippen molar-refractivity contribution in [2.75, 3.05) is 13.1 Å². The third kappa shape index (κ3) is 3.50. The molecule has 2 fully saturated rings. The Hall–Kier alpha value is -1.26. The molecule has 0 aromatic heterocycles. The van der Waals surface area contributed by atoms with Crippen molar-refractivity contribution >= 4 is 18.3 Å². The van der Waals surface area contributed by atoms with Crippen LogP contribution in [0.2, 0.25) is 0 Å². The minimum Gasteiger partial charge on any atom is -0.490 e. The molecular weight excluding hydrogens is 288 g/mol. The van der Waals surface area contributed by atoms with Gasteiger partial charge in [-0.25, -0.2) is 0 Å². The van der Waals surface area contributed by atoms with E-state index in [1.807, 2.05) is 35.2 Å². The van der Waals surface area contributed by atoms with E-state index in [2.05, 4.69) is 0 Å². The molecule has 2 aliphatic rings. The fourth-order valence-electron chi connectivity index (χ4n) is 2.95. The van der Waals surface area contributed by atoms with Crippen LogP contribution in [-0.4, -0.2) is 35.5 Å². The summed E-state index contributed by atoms with van der Waals surface area (Å²) in [4.78, 5) is 14.2. The molecule has 1 heterocycles. The number of para-hydroxylation sites is 1. The van der Waals surface area contributed by atoms with Crippen LogP contribution in [0.15, 0.2) is 30.3 Å². The van der Waals surface area contributed by atoms with E-state index in [0.29, 0.717) is 0 Å². The third-order valence-electron chi connectivity index (χ3n) is 4.45. The first-order chi connectivity index (χ1) is 9.67. The van der Waals surface area contributed by atoms with Gasteiger partial charge in [-0.05, 0) is 31.4 Å². The second kappa shape index (κ2) is 6.67. The van der Waals surface area contributed by atoms with Crippen molar-refractivity contribution in [1.82, 2.24) is 4.90 Å². The number of likely N-dealkylation sites (tertiary alicyclic amines) is 1. The van der Waals surface area contributed by atoms with Crippen LogP contribution in [0.4, 0.5) is 0 Å². The average molecular weight is 311 g/mol. The number of rotatable bonds is 3. The summed E-state index contributed by atoms with van der Waals surface area (Å²) in [6.07, 6.45) is 4.73. The quantitative estimate of drug-likeness (QED) is 0.932. The van der Waals surface area contributed by atoms with Gasteiger partial charge in [0.25, 0.3) is 0 Å². The first kappa shape index (κ1) is 16.1. The maximum atomic E-state index is 12.3. The lowest BCUT2D eigenvalue weighted by atomic mass is 9.76. The van der Waals surface area contributed by atoms with Gasteiger partial charge in [-0.1, -0.05) is 18.2 Å². The second-order valence-corrected chi connectivity index (χ2v) is 5.93. The fourth-order valence-corrected chi connectivity index (χ4v) is 2.95. The van der Waals surface area contributed by atoms with E-state index < -0.39 is 5.54 Å². The van der Waals surface area contributed by atoms with Gasteiger partial charge in [0.15, 0.2) is 0 Å². The highest BCUT2D eigenvalue weighted by Crippen LogP contribution is 2.32. The molecule has 116 valence electrons. The van der Waals surface area contributed by atoms with Crippen molar-refractivity contribution in [2.24, 2.45) is 5.73 Å². The summed E-state index contributed by atoms with van der Waals surface area (Å²) in [5.41, 5.74) is 5.55. The van der Waals surface area contributed by atoms with E-state index in [0.717, 1.165) is 50.9 Å². The molecule has 21 heavy (non-hydrogen) atoms. The molecule has 1 aromatic rings. The van der Waals surface area contributed by atoms with Crippen LogP contribution in [0.25, 0.3) is 0 Å². The van der Waals surface area contributed by atoms with Gasteiger partial charge in [-0.3, -0.25) is 4.79 Å². The molecule has 0 bridgehead atoms. The van der Waals surface area contributed by atoms with E-state index in [1.165, 1.54) is 0 Å². The SMILES string of the molecule is Cl.NC1(C(=O)N2CCC(Oc3ccccc3)CC2)CCC1. The smallest absolute Gasteiger partial charge is 0.242 e. The van der Waals surface area contributed by atoms with Gasteiger partial charge in [-0.15, -0.1) is 12.4 Å². The van der Waals surface area contributed by atoms with Gasteiger partial charge in [0.05, 0.1) is 5.54 Å². The van der Waals surface area contributed by atoms with Crippen molar-refractivity contribution in [1.29, 1.82) is 0 Å². The van der Waals surface area contributed by atoms with Gasteiger partial charge in [0, 0.05) is 25.9 Å². The number of ether oxygens (including phenoxy) is 1. The molecule has 1 aromatic carbocycles. The van der Waals surface area contributed by atoms with Crippen LogP contribution in [0.1, 0.15) is 32.1 Å². The Morgan fingerprint density at radius 3 is 2.33 bits per heavy atom. The summed E-state index contributed by atoms with van der Waals surface area (Å²) in [6, 6.07) is 9.88. The van der Waals surface area contributed by atoms with Crippen molar-refractivity contribution < 1.29 is 9.53 Å². The number of nitrogens with zero attached hydrogens (tertiary/aromatic N) is 1. The molecular formula is C16H23ClN2O2. The van der Waals surface area contributed by atoms with Crippen LogP contribution >= 0.6 is 12.4 Å². The lowest BCUT2D eigenvalue weighted by molar-refractivity contribution is -0.142. The van der Waals surface area contributed by atoms with Crippen LogP contribution in [-0.2, 0) is 4.79 Å². The van der Waals surface area contributed by atoms with Gasteiger partial charge in [0.1, 0.15) is 11.9 Å². The number of benzene rings is 1. The van der Waals surface area contributed by atoms with E-state index in [9.17, 15) is 4.79 Å². The fraction of sp³-hybridized carbons (Fsp3) is 0.562. The predicted octanol–water partition coefficient (Wildman–Crippen LogP) is 2.36. The monoisotopic (exact) mass is 310 g/mol. The molecule has 4 nitrogen and oxygen atoms in total. The first-order valence-corrected chi connectivity index (χ1v) is 7.47. The molecule has 1 saturated heterocycles. The van der Waals surface area contributed by atoms with Crippen LogP contribution < -0.4 is 10.5 Å². The molecule has 5 heteroatoms. The van der Waals surface area contributed by atoms with Gasteiger partial charge < -0.3 is 15.4 Å². The Morgan fingerprint density at radius 1 is 1.19 bits per heavy atom. The molecule has 0 radical (unpaired) electrons. The lowest BCUT2D eigenvalue weighted by Gasteiger charge is -2.42. The molecule has 3 rings (SSSR count). The summed E-state index contributed by atoms with van der Waals surface area (Å²) in [5, 5.41) is 0. The zero-order chi connectivity index (χ0) is 14.0. The van der Waals surface area contributed by atoms with Crippen LogP contribution in [0.5, 0.6) is 5.75 Å². The summed E-state index contributed by atoms with van der Waals surface area (Å²) in [7, 11) is 0. The van der Waals surface area contributed by atoms with Gasteiger partial charge in [-0.2, -0.15) is 0 Å². The largest absolute Gasteiger partial charge is 0.490 e. The number of carbonyl (C=O) groups excluding carboxylic acids is 1. The predicted molar refractivity (Wildman–Crippen MR) is 84.7 cm³/mol. The van der Waals surface area contributed by atoms with Gasteiger partial charge in [0.2, 0.25) is 5.91 Å². The summed E-state index contributed by atoms with van der Waals surface area (Å²) in [5.74, 6) is 1.05. The summed E-state index contributed by atoms with van der Waals surface area (Å²) < 4.78 is 5.94. The molecule has 0 atom stereocenters. The zero-order valence-electron chi connectivity index (χ0n) is 12.2. The number of hydrogen-bond donors (Lipinski definition) is 1. The molecule has 2 N–H and O–H groups in total. The highest BCUT2D eigenvalue weighted by atomic mass is 35.5. The average Bonchev–Trinajstić information content (AvgIpc) is 2.46. The lowest BCUT2D eigenvalue weighted by Crippen LogP contribution is -2.61. The molecule has 1 saturated carbocycles. The van der Waals surface area contributed by atoms with E-state index >= 15 is 0 Å². The van der Waals surface area contributed by atoms with Crippen LogP contribution in [0.3, 0.4) is 0 Å². The number of piperidine rings is 1. The minimum atomic E-state index is -0.562. The molecule has 1 aliphatic heterocycles. The number of halogens is 1. The van der Waals surface area contributed by atoms with Crippen molar-refractivity contribution in [3.63, 3.8) is 0 Å². The number of amides is 1. The summed E-state index contributed by atoms with van der Waals surface area (Å²) in [6.45, 7) is 1.52. The Kier molecular flexibility index (Phi) is 5.12. The zero-order valence-corrected chi connectivity index (χ0v) is 13.0. The topological polar surface area (TPSA) is 55.6 Å². The Bertz CT molecular complexity index is 468. The maximum absolute atomic E-state index is 12.3. The van der Waals surface area contributed by atoms with Crippen molar-refractivity contribution in [3.05, 3.63) is 30.3 Å². The third-order valence-corrected chi connectivity index (χ3v) is 4.45. The molecule has 1 amide bonds. The van der Waals surface area contributed by atoms with Crippen molar-refractivity contribution in [3.8, 4) is 5.75 Å². The standard InChI is InChI=1S/C16H22N2O2.ClH/c17-16(9-4-10-16)15(19)18-11-7-14(8-12-18)20-13-5-2-1-3-6-13;/h1-3,5-6,14H,4,7-12,17H2;1H. The number of nitrogens with two attached hydrogens (primary N) is 1. The Balaban J connectivity index is 0.00000161. The first-order valence-electron chi connectivity index (χ1n) is 7.47. The normalized spacial score (nSPS) is 21.1. The van der Waals surface area contributed by atoms with Crippen molar-refractivity contribution in [2.45, 2.75) is 43.7 Å². The van der Waals surface area contributed by atoms with Crippen LogP contribution in [0, 0.1) is 0 Å². The summed E-state index contributed by atoms with van der Waals surface area (Å²) >= 11 is 0. The maximum Gasteiger partial charge on any atom is 0.242 e. The van der Waals surface area contributed by atoms with Gasteiger partial charge >= 0.3 is 0 Å².